The fourth-order valence-corrected chi connectivity index (χ4v) is 1.83. The first-order valence-corrected chi connectivity index (χ1v) is 5.56. The van der Waals surface area contributed by atoms with Gasteiger partial charge in [0.25, 0.3) is 0 Å². The lowest BCUT2D eigenvalue weighted by Gasteiger charge is -2.20. The van der Waals surface area contributed by atoms with Gasteiger partial charge in [0.05, 0.1) is 7.11 Å². The molecule has 1 aromatic rings. The Bertz CT molecular complexity index is 352. The second-order valence-electron chi connectivity index (χ2n) is 3.57. The topological polar surface area (TPSA) is 47.9 Å². The van der Waals surface area contributed by atoms with Crippen LogP contribution in [-0.2, 0) is 15.9 Å². The van der Waals surface area contributed by atoms with Crippen LogP contribution in [0.4, 0.5) is 0 Å². The molecule has 5 heteroatoms. The number of rotatable bonds is 6. The Morgan fingerprint density at radius 1 is 1.24 bits per heavy atom. The number of hydrogen-bond acceptors (Lipinski definition) is 4. The van der Waals surface area contributed by atoms with E-state index in [9.17, 15) is 5.11 Å². The van der Waals surface area contributed by atoms with E-state index < -0.39 is 12.4 Å². The molecule has 1 unspecified atom stereocenters. The van der Waals surface area contributed by atoms with Crippen molar-refractivity contribution in [3.8, 4) is 5.75 Å². The summed E-state index contributed by atoms with van der Waals surface area (Å²) in [6.07, 6.45) is -1.10. The molecule has 0 bridgehead atoms. The molecule has 1 N–H and O–H groups in total. The lowest BCUT2D eigenvalue weighted by molar-refractivity contribution is -0.163. The summed E-state index contributed by atoms with van der Waals surface area (Å²) < 4.78 is 15.2. The van der Waals surface area contributed by atoms with Gasteiger partial charge in [-0.1, -0.05) is 11.6 Å². The Hall–Kier alpha value is -0.810. The van der Waals surface area contributed by atoms with E-state index in [0.717, 1.165) is 5.56 Å². The van der Waals surface area contributed by atoms with E-state index in [-0.39, 0.29) is 0 Å². The number of aliphatic hydroxyl groups is 1. The van der Waals surface area contributed by atoms with Gasteiger partial charge in [-0.25, -0.2) is 0 Å². The molecule has 0 aliphatic carbocycles. The molecule has 17 heavy (non-hydrogen) atoms. The Labute approximate surface area is 106 Å². The first-order chi connectivity index (χ1) is 8.12. The maximum atomic E-state index is 9.92. The van der Waals surface area contributed by atoms with Crippen molar-refractivity contribution in [1.82, 2.24) is 0 Å². The molecule has 0 saturated carbocycles. The van der Waals surface area contributed by atoms with Gasteiger partial charge in [-0.05, 0) is 23.8 Å². The van der Waals surface area contributed by atoms with Gasteiger partial charge in [-0.15, -0.1) is 0 Å². The summed E-state index contributed by atoms with van der Waals surface area (Å²) >= 11 is 5.90. The molecular formula is C12H17ClO4. The predicted molar refractivity (Wildman–Crippen MR) is 65.5 cm³/mol. The van der Waals surface area contributed by atoms with Crippen LogP contribution in [0.1, 0.15) is 5.56 Å². The van der Waals surface area contributed by atoms with E-state index in [2.05, 4.69) is 0 Å². The minimum absolute atomic E-state index is 0.343. The highest BCUT2D eigenvalue weighted by Crippen LogP contribution is 2.24. The molecule has 0 aliphatic rings. The minimum Gasteiger partial charge on any atom is -0.496 e. The molecule has 1 rings (SSSR count). The van der Waals surface area contributed by atoms with E-state index in [0.29, 0.717) is 17.2 Å². The lowest BCUT2D eigenvalue weighted by atomic mass is 10.1. The molecule has 1 aromatic carbocycles. The van der Waals surface area contributed by atoms with Crippen molar-refractivity contribution in [2.24, 2.45) is 0 Å². The van der Waals surface area contributed by atoms with Gasteiger partial charge >= 0.3 is 0 Å². The molecule has 0 fully saturated rings. The zero-order valence-corrected chi connectivity index (χ0v) is 10.9. The minimum atomic E-state index is -0.780. The summed E-state index contributed by atoms with van der Waals surface area (Å²) in [6.45, 7) is 0. The van der Waals surface area contributed by atoms with Crippen LogP contribution in [0.5, 0.6) is 5.75 Å². The van der Waals surface area contributed by atoms with Crippen molar-refractivity contribution in [1.29, 1.82) is 0 Å². The summed E-state index contributed by atoms with van der Waals surface area (Å²) in [7, 11) is 4.53. The van der Waals surface area contributed by atoms with Gasteiger partial charge < -0.3 is 19.3 Å². The number of methoxy groups -OCH3 is 3. The molecule has 0 amide bonds. The van der Waals surface area contributed by atoms with Crippen molar-refractivity contribution in [2.75, 3.05) is 21.3 Å². The zero-order valence-electron chi connectivity index (χ0n) is 10.1. The average molecular weight is 261 g/mol. The van der Waals surface area contributed by atoms with Crippen LogP contribution in [0, 0.1) is 0 Å². The fraction of sp³-hybridized carbons (Fsp3) is 0.500. The third kappa shape index (κ3) is 3.85. The Morgan fingerprint density at radius 3 is 2.41 bits per heavy atom. The zero-order chi connectivity index (χ0) is 12.8. The first-order valence-electron chi connectivity index (χ1n) is 5.18. The maximum absolute atomic E-state index is 9.92. The van der Waals surface area contributed by atoms with Gasteiger partial charge in [0.2, 0.25) is 0 Å². The van der Waals surface area contributed by atoms with Crippen LogP contribution in [0.2, 0.25) is 5.02 Å². The molecule has 0 heterocycles. The normalized spacial score (nSPS) is 12.8. The molecule has 0 saturated heterocycles. The maximum Gasteiger partial charge on any atom is 0.183 e. The summed E-state index contributed by atoms with van der Waals surface area (Å²) in [4.78, 5) is 0. The van der Waals surface area contributed by atoms with E-state index in [1.165, 1.54) is 14.2 Å². The summed E-state index contributed by atoms with van der Waals surface area (Å²) in [5.74, 6) is 0.680. The van der Waals surface area contributed by atoms with Crippen LogP contribution in [-0.4, -0.2) is 38.8 Å². The third-order valence-corrected chi connectivity index (χ3v) is 2.69. The summed E-state index contributed by atoms with van der Waals surface area (Å²) in [5.41, 5.74) is 0.812. The molecule has 0 spiro atoms. The van der Waals surface area contributed by atoms with Crippen LogP contribution >= 0.6 is 11.6 Å². The Morgan fingerprint density at radius 2 is 1.88 bits per heavy atom. The quantitative estimate of drug-likeness (QED) is 0.794. The highest BCUT2D eigenvalue weighted by molar-refractivity contribution is 6.30. The molecule has 4 nitrogen and oxygen atoms in total. The van der Waals surface area contributed by atoms with Gasteiger partial charge in [0.1, 0.15) is 11.9 Å². The first kappa shape index (κ1) is 14.3. The highest BCUT2D eigenvalue weighted by Gasteiger charge is 2.20. The summed E-state index contributed by atoms with van der Waals surface area (Å²) in [5, 5.41) is 10.5. The van der Waals surface area contributed by atoms with Crippen molar-refractivity contribution in [2.45, 2.75) is 18.8 Å². The molecule has 1 atom stereocenters. The van der Waals surface area contributed by atoms with Crippen LogP contribution < -0.4 is 4.74 Å². The number of aliphatic hydroxyl groups excluding tert-OH is 1. The second kappa shape index (κ2) is 6.81. The van der Waals surface area contributed by atoms with Crippen molar-refractivity contribution in [3.05, 3.63) is 28.8 Å². The lowest BCUT2D eigenvalue weighted by Crippen LogP contribution is -2.31. The molecule has 0 radical (unpaired) electrons. The Balaban J connectivity index is 2.82. The van der Waals surface area contributed by atoms with E-state index >= 15 is 0 Å². The van der Waals surface area contributed by atoms with Crippen molar-refractivity contribution in [3.63, 3.8) is 0 Å². The highest BCUT2D eigenvalue weighted by atomic mass is 35.5. The van der Waals surface area contributed by atoms with Crippen molar-refractivity contribution >= 4 is 11.6 Å². The van der Waals surface area contributed by atoms with Gasteiger partial charge in [0, 0.05) is 25.7 Å². The smallest absolute Gasteiger partial charge is 0.183 e. The number of benzene rings is 1. The van der Waals surface area contributed by atoms with Gasteiger partial charge in [-0.3, -0.25) is 0 Å². The average Bonchev–Trinajstić information content (AvgIpc) is 2.31. The van der Waals surface area contributed by atoms with Crippen LogP contribution in [0.15, 0.2) is 18.2 Å². The predicted octanol–water partition coefficient (Wildman–Crippen LogP) is 1.87. The molecule has 0 aliphatic heterocycles. The van der Waals surface area contributed by atoms with Crippen LogP contribution in [0.3, 0.4) is 0 Å². The number of hydrogen-bond donors (Lipinski definition) is 1. The molecular weight excluding hydrogens is 244 g/mol. The van der Waals surface area contributed by atoms with Crippen molar-refractivity contribution < 1.29 is 19.3 Å². The monoisotopic (exact) mass is 260 g/mol. The van der Waals surface area contributed by atoms with Gasteiger partial charge in [0.15, 0.2) is 6.29 Å². The second-order valence-corrected chi connectivity index (χ2v) is 4.00. The van der Waals surface area contributed by atoms with Crippen LogP contribution in [0.25, 0.3) is 0 Å². The summed E-state index contributed by atoms with van der Waals surface area (Å²) in [6, 6.07) is 5.26. The van der Waals surface area contributed by atoms with E-state index in [4.69, 9.17) is 25.8 Å². The molecule has 0 aromatic heterocycles. The molecule has 96 valence electrons. The Kier molecular flexibility index (Phi) is 5.71. The van der Waals surface area contributed by atoms with Gasteiger partial charge in [-0.2, -0.15) is 0 Å². The third-order valence-electron chi connectivity index (χ3n) is 2.45. The van der Waals surface area contributed by atoms with E-state index in [1.807, 2.05) is 0 Å². The largest absolute Gasteiger partial charge is 0.496 e. The SMILES string of the molecule is COc1ccc(Cl)cc1CC(O)C(OC)OC. The standard InChI is InChI=1S/C12H17ClO4/c1-15-11-5-4-9(13)6-8(11)7-10(14)12(16-2)17-3/h4-6,10,12,14H,7H2,1-3H3. The van der Waals surface area contributed by atoms with E-state index in [1.54, 1.807) is 25.3 Å². The fourth-order valence-electron chi connectivity index (χ4n) is 1.64. The number of halogens is 1. The number of ether oxygens (including phenoxy) is 3.